The molecule has 30 heavy (non-hydrogen) atoms. The van der Waals surface area contributed by atoms with Gasteiger partial charge in [-0.15, -0.1) is 16.8 Å². The molecule has 0 unspecified atom stereocenters. The van der Waals surface area contributed by atoms with Crippen LogP contribution in [0.1, 0.15) is 28.8 Å². The third kappa shape index (κ3) is 4.74. The van der Waals surface area contributed by atoms with Gasteiger partial charge < -0.3 is 10.1 Å². The largest absolute Gasteiger partial charge is 0.497 e. The van der Waals surface area contributed by atoms with Crippen molar-refractivity contribution >= 4 is 17.7 Å². The number of thioether (sulfide) groups is 1. The Morgan fingerprint density at radius 2 is 2.07 bits per heavy atom. The van der Waals surface area contributed by atoms with Gasteiger partial charge in [0.15, 0.2) is 11.0 Å². The Balaban J connectivity index is 1.47. The lowest BCUT2D eigenvalue weighted by atomic mass is 10.1. The number of nitrogens with zero attached hydrogens (tertiary/aromatic N) is 3. The van der Waals surface area contributed by atoms with Gasteiger partial charge in [0.05, 0.1) is 7.11 Å². The molecule has 2 aromatic carbocycles. The molecule has 154 valence electrons. The molecule has 0 atom stereocenters. The number of aromatic nitrogens is 3. The van der Waals surface area contributed by atoms with E-state index in [0.717, 1.165) is 46.5 Å². The lowest BCUT2D eigenvalue weighted by Crippen LogP contribution is -2.25. The Hall–Kier alpha value is -3.06. The van der Waals surface area contributed by atoms with Crippen molar-refractivity contribution in [3.05, 3.63) is 72.3 Å². The number of hydrogen-bond acceptors (Lipinski definition) is 5. The standard InChI is InChI=1S/C23H24N4O2S/c1-3-13-27-21(18-5-4-6-20(14-18)29-2)25-26-23(27)30-15-16-7-9-17(10-8-16)22(28)24-19-11-12-19/h3-10,14,19H,1,11-13,15H2,2H3,(H,24,28). The van der Waals surface area contributed by atoms with Crippen LogP contribution in [0.2, 0.25) is 0 Å². The van der Waals surface area contributed by atoms with E-state index in [4.69, 9.17) is 4.74 Å². The fourth-order valence-electron chi connectivity index (χ4n) is 3.06. The lowest BCUT2D eigenvalue weighted by molar-refractivity contribution is 0.0951. The monoisotopic (exact) mass is 420 g/mol. The van der Waals surface area contributed by atoms with Gasteiger partial charge in [0, 0.05) is 29.5 Å². The molecule has 1 amide bonds. The molecule has 0 aliphatic heterocycles. The first-order chi connectivity index (χ1) is 14.7. The normalized spacial score (nSPS) is 13.1. The Morgan fingerprint density at radius 1 is 1.27 bits per heavy atom. The van der Waals surface area contributed by atoms with Crippen LogP contribution in [0.25, 0.3) is 11.4 Å². The highest BCUT2D eigenvalue weighted by molar-refractivity contribution is 7.98. The molecule has 1 aromatic heterocycles. The van der Waals surface area contributed by atoms with Crippen LogP contribution in [-0.4, -0.2) is 33.8 Å². The molecule has 1 N–H and O–H groups in total. The molecule has 1 heterocycles. The molecule has 1 fully saturated rings. The Morgan fingerprint density at radius 3 is 2.77 bits per heavy atom. The van der Waals surface area contributed by atoms with Crippen molar-refractivity contribution in [3.63, 3.8) is 0 Å². The van der Waals surface area contributed by atoms with Gasteiger partial charge in [-0.2, -0.15) is 0 Å². The molecule has 0 radical (unpaired) electrons. The summed E-state index contributed by atoms with van der Waals surface area (Å²) in [5.41, 5.74) is 2.77. The number of methoxy groups -OCH3 is 1. The van der Waals surface area contributed by atoms with E-state index >= 15 is 0 Å². The first kappa shape index (κ1) is 20.2. The minimum absolute atomic E-state index is 0.00496. The zero-order chi connectivity index (χ0) is 20.9. The van der Waals surface area contributed by atoms with Crippen molar-refractivity contribution < 1.29 is 9.53 Å². The second-order valence-electron chi connectivity index (χ2n) is 7.17. The summed E-state index contributed by atoms with van der Waals surface area (Å²) in [6.07, 6.45) is 4.01. The van der Waals surface area contributed by atoms with Crippen molar-refractivity contribution in [3.8, 4) is 17.1 Å². The maximum absolute atomic E-state index is 12.1. The van der Waals surface area contributed by atoms with Crippen LogP contribution in [0.3, 0.4) is 0 Å². The summed E-state index contributed by atoms with van der Waals surface area (Å²) in [6.45, 7) is 4.48. The maximum Gasteiger partial charge on any atom is 0.251 e. The van der Waals surface area contributed by atoms with Gasteiger partial charge in [-0.25, -0.2) is 0 Å². The summed E-state index contributed by atoms with van der Waals surface area (Å²) in [6, 6.07) is 15.9. The molecule has 0 spiro atoms. The van der Waals surface area contributed by atoms with E-state index in [2.05, 4.69) is 22.1 Å². The van der Waals surface area contributed by atoms with Gasteiger partial charge in [-0.05, 0) is 42.7 Å². The number of amides is 1. The molecule has 6 nitrogen and oxygen atoms in total. The van der Waals surface area contributed by atoms with Crippen LogP contribution >= 0.6 is 11.8 Å². The Kier molecular flexibility index (Phi) is 6.18. The molecule has 0 bridgehead atoms. The van der Waals surface area contributed by atoms with Gasteiger partial charge >= 0.3 is 0 Å². The van der Waals surface area contributed by atoms with Crippen molar-refractivity contribution in [2.45, 2.75) is 36.3 Å². The number of ether oxygens (including phenoxy) is 1. The van der Waals surface area contributed by atoms with Crippen molar-refractivity contribution in [2.75, 3.05) is 7.11 Å². The second kappa shape index (κ2) is 9.17. The summed E-state index contributed by atoms with van der Waals surface area (Å²) in [7, 11) is 1.65. The van der Waals surface area contributed by atoms with E-state index in [-0.39, 0.29) is 5.91 Å². The predicted molar refractivity (Wildman–Crippen MR) is 119 cm³/mol. The predicted octanol–water partition coefficient (Wildman–Crippen LogP) is 4.32. The van der Waals surface area contributed by atoms with Gasteiger partial charge in [0.25, 0.3) is 5.91 Å². The highest BCUT2D eigenvalue weighted by Gasteiger charge is 2.23. The SMILES string of the molecule is C=CCn1c(SCc2ccc(C(=O)NC3CC3)cc2)nnc1-c1cccc(OC)c1. The van der Waals surface area contributed by atoms with Gasteiger partial charge in [-0.3, -0.25) is 9.36 Å². The third-order valence-electron chi connectivity index (χ3n) is 4.85. The van der Waals surface area contributed by atoms with E-state index < -0.39 is 0 Å². The zero-order valence-corrected chi connectivity index (χ0v) is 17.7. The average Bonchev–Trinajstić information content (AvgIpc) is 3.51. The molecule has 7 heteroatoms. The third-order valence-corrected chi connectivity index (χ3v) is 5.89. The number of benzene rings is 2. The number of nitrogens with one attached hydrogen (secondary N) is 1. The molecular weight excluding hydrogens is 396 g/mol. The van der Waals surface area contributed by atoms with E-state index in [1.807, 2.05) is 59.2 Å². The van der Waals surface area contributed by atoms with E-state index in [1.54, 1.807) is 18.9 Å². The van der Waals surface area contributed by atoms with Gasteiger partial charge in [0.2, 0.25) is 0 Å². The summed E-state index contributed by atoms with van der Waals surface area (Å²) in [5.74, 6) is 2.30. The molecule has 4 rings (SSSR count). The van der Waals surface area contributed by atoms with Crippen LogP contribution in [0.5, 0.6) is 5.75 Å². The number of allylic oxidation sites excluding steroid dienone is 1. The minimum atomic E-state index is 0.00496. The zero-order valence-electron chi connectivity index (χ0n) is 16.9. The van der Waals surface area contributed by atoms with Crippen LogP contribution in [-0.2, 0) is 12.3 Å². The molecule has 1 saturated carbocycles. The topological polar surface area (TPSA) is 69.0 Å². The molecular formula is C23H24N4O2S. The summed E-state index contributed by atoms with van der Waals surface area (Å²) >= 11 is 1.61. The first-order valence-corrected chi connectivity index (χ1v) is 10.9. The first-order valence-electron chi connectivity index (χ1n) is 9.89. The average molecular weight is 421 g/mol. The van der Waals surface area contributed by atoms with Crippen molar-refractivity contribution in [2.24, 2.45) is 0 Å². The maximum atomic E-state index is 12.1. The van der Waals surface area contributed by atoms with E-state index in [1.165, 1.54) is 0 Å². The highest BCUT2D eigenvalue weighted by atomic mass is 32.2. The summed E-state index contributed by atoms with van der Waals surface area (Å²) in [4.78, 5) is 12.1. The van der Waals surface area contributed by atoms with Crippen LogP contribution in [0.4, 0.5) is 0 Å². The smallest absolute Gasteiger partial charge is 0.251 e. The fourth-order valence-corrected chi connectivity index (χ4v) is 3.97. The molecule has 0 saturated heterocycles. The Bertz CT molecular complexity index is 1040. The van der Waals surface area contributed by atoms with Gasteiger partial charge in [-0.1, -0.05) is 42.1 Å². The number of rotatable bonds is 9. The van der Waals surface area contributed by atoms with Gasteiger partial charge in [0.1, 0.15) is 5.75 Å². The number of hydrogen-bond donors (Lipinski definition) is 1. The summed E-state index contributed by atoms with van der Waals surface area (Å²) in [5, 5.41) is 12.6. The lowest BCUT2D eigenvalue weighted by Gasteiger charge is -2.09. The minimum Gasteiger partial charge on any atom is -0.497 e. The molecule has 1 aliphatic rings. The fraction of sp³-hybridized carbons (Fsp3) is 0.261. The number of carbonyl (C=O) groups is 1. The van der Waals surface area contributed by atoms with Crippen molar-refractivity contribution in [1.29, 1.82) is 0 Å². The molecule has 1 aliphatic carbocycles. The van der Waals surface area contributed by atoms with E-state index in [9.17, 15) is 4.79 Å². The molecule has 3 aromatic rings. The van der Waals surface area contributed by atoms with Crippen LogP contribution < -0.4 is 10.1 Å². The van der Waals surface area contributed by atoms with E-state index in [0.29, 0.717) is 18.2 Å². The highest BCUT2D eigenvalue weighted by Crippen LogP contribution is 2.28. The quantitative estimate of drug-likeness (QED) is 0.412. The van der Waals surface area contributed by atoms with Crippen molar-refractivity contribution in [1.82, 2.24) is 20.1 Å². The summed E-state index contributed by atoms with van der Waals surface area (Å²) < 4.78 is 7.37. The number of carbonyl (C=O) groups excluding carboxylic acids is 1. The Labute approximate surface area is 180 Å². The second-order valence-corrected chi connectivity index (χ2v) is 8.11. The van der Waals surface area contributed by atoms with Crippen LogP contribution in [0, 0.1) is 0 Å². The van der Waals surface area contributed by atoms with Crippen LogP contribution in [0.15, 0.2) is 66.3 Å².